The maximum absolute atomic E-state index is 12.9. The van der Waals surface area contributed by atoms with Crippen molar-refractivity contribution in [2.24, 2.45) is 0 Å². The van der Waals surface area contributed by atoms with E-state index in [0.29, 0.717) is 0 Å². The van der Waals surface area contributed by atoms with Crippen molar-refractivity contribution in [2.45, 2.75) is 6.43 Å². The molecule has 0 bridgehead atoms. The lowest BCUT2D eigenvalue weighted by atomic mass is 10.2. The Morgan fingerprint density at radius 1 is 1.33 bits per heavy atom. The van der Waals surface area contributed by atoms with Crippen LogP contribution < -0.4 is 0 Å². The fraction of sp³-hybridized carbons (Fsp3) is 0.143. The molecule has 0 radical (unpaired) electrons. The Hall–Kier alpha value is -0.220. The molecule has 0 aromatic heterocycles. The molecule has 0 unspecified atom stereocenters. The van der Waals surface area contributed by atoms with Crippen LogP contribution in [0.25, 0.3) is 0 Å². The molecule has 1 aromatic carbocycles. The van der Waals surface area contributed by atoms with Crippen LogP contribution in [0.5, 0.6) is 0 Å². The van der Waals surface area contributed by atoms with E-state index < -0.39 is 17.8 Å². The van der Waals surface area contributed by atoms with Crippen molar-refractivity contribution in [2.75, 3.05) is 0 Å². The lowest BCUT2D eigenvalue weighted by molar-refractivity contribution is 0.146. The van der Waals surface area contributed by atoms with Crippen LogP contribution in [-0.2, 0) is 0 Å². The van der Waals surface area contributed by atoms with Crippen molar-refractivity contribution in [3.8, 4) is 0 Å². The standard InChI is InChI=1S/C7H3BrClF3/c8-4-2-1-3(7(11)12)6(10)5(4)9/h1-2,7H. The van der Waals surface area contributed by atoms with E-state index in [9.17, 15) is 13.2 Å². The predicted molar refractivity (Wildman–Crippen MR) is 44.1 cm³/mol. The molecule has 0 aliphatic rings. The molecule has 0 saturated carbocycles. The van der Waals surface area contributed by atoms with E-state index in [1.165, 1.54) is 6.07 Å². The summed E-state index contributed by atoms with van der Waals surface area (Å²) in [6.07, 6.45) is -2.84. The van der Waals surface area contributed by atoms with Gasteiger partial charge in [-0.2, -0.15) is 0 Å². The van der Waals surface area contributed by atoms with Crippen molar-refractivity contribution >= 4 is 27.5 Å². The average molecular weight is 259 g/mol. The van der Waals surface area contributed by atoms with Crippen molar-refractivity contribution in [3.05, 3.63) is 33.0 Å². The second-order valence-corrected chi connectivity index (χ2v) is 3.30. The highest BCUT2D eigenvalue weighted by Crippen LogP contribution is 2.31. The largest absolute Gasteiger partial charge is 0.266 e. The van der Waals surface area contributed by atoms with Gasteiger partial charge in [-0.25, -0.2) is 13.2 Å². The first-order chi connectivity index (χ1) is 5.54. The van der Waals surface area contributed by atoms with Crippen molar-refractivity contribution in [1.29, 1.82) is 0 Å². The van der Waals surface area contributed by atoms with Crippen LogP contribution in [0.15, 0.2) is 16.6 Å². The summed E-state index contributed by atoms with van der Waals surface area (Å²) in [5.41, 5.74) is -0.678. The minimum atomic E-state index is -2.84. The third kappa shape index (κ3) is 1.75. The molecule has 66 valence electrons. The molecule has 1 rings (SSSR count). The predicted octanol–water partition coefficient (Wildman–Crippen LogP) is 4.18. The molecule has 12 heavy (non-hydrogen) atoms. The van der Waals surface area contributed by atoms with Gasteiger partial charge >= 0.3 is 0 Å². The van der Waals surface area contributed by atoms with Crippen LogP contribution in [0.2, 0.25) is 5.02 Å². The fourth-order valence-corrected chi connectivity index (χ4v) is 1.19. The highest BCUT2D eigenvalue weighted by Gasteiger charge is 2.16. The van der Waals surface area contributed by atoms with Gasteiger partial charge in [0.25, 0.3) is 6.43 Å². The minimum absolute atomic E-state index is 0.270. The van der Waals surface area contributed by atoms with Crippen LogP contribution in [0.4, 0.5) is 13.2 Å². The SMILES string of the molecule is Fc1c(C(F)F)ccc(Br)c1Cl. The third-order valence-electron chi connectivity index (χ3n) is 1.30. The topological polar surface area (TPSA) is 0 Å². The molecule has 0 N–H and O–H groups in total. The molecule has 0 nitrogen and oxygen atoms in total. The van der Waals surface area contributed by atoms with Crippen LogP contribution in [0.3, 0.4) is 0 Å². The van der Waals surface area contributed by atoms with Gasteiger partial charge in [0.2, 0.25) is 0 Å². The lowest BCUT2D eigenvalue weighted by Crippen LogP contribution is -1.91. The highest BCUT2D eigenvalue weighted by atomic mass is 79.9. The smallest absolute Gasteiger partial charge is 0.205 e. The first kappa shape index (κ1) is 9.86. The molecule has 0 spiro atoms. The van der Waals surface area contributed by atoms with Gasteiger partial charge in [-0.15, -0.1) is 0 Å². The van der Waals surface area contributed by atoms with Gasteiger partial charge < -0.3 is 0 Å². The molecule has 0 saturated heterocycles. The lowest BCUT2D eigenvalue weighted by Gasteiger charge is -2.03. The molecule has 1 aromatic rings. The van der Waals surface area contributed by atoms with Gasteiger partial charge in [-0.3, -0.25) is 0 Å². The van der Waals surface area contributed by atoms with Crippen LogP contribution in [-0.4, -0.2) is 0 Å². The molecular formula is C7H3BrClF3. The van der Waals surface area contributed by atoms with Gasteiger partial charge in [-0.05, 0) is 28.1 Å². The molecule has 0 atom stereocenters. The molecule has 0 aliphatic carbocycles. The van der Waals surface area contributed by atoms with Gasteiger partial charge in [-0.1, -0.05) is 11.6 Å². The van der Waals surface area contributed by atoms with Gasteiger partial charge in [0.05, 0.1) is 10.6 Å². The monoisotopic (exact) mass is 258 g/mol. The Morgan fingerprint density at radius 2 is 1.92 bits per heavy atom. The van der Waals surface area contributed by atoms with E-state index in [1.807, 2.05) is 0 Å². The summed E-state index contributed by atoms with van der Waals surface area (Å²) in [4.78, 5) is 0. The van der Waals surface area contributed by atoms with Gasteiger partial charge in [0.15, 0.2) is 5.82 Å². The molecule has 0 amide bonds. The number of rotatable bonds is 1. The van der Waals surface area contributed by atoms with Crippen molar-refractivity contribution in [3.63, 3.8) is 0 Å². The minimum Gasteiger partial charge on any atom is -0.205 e. The number of benzene rings is 1. The maximum atomic E-state index is 12.9. The van der Waals surface area contributed by atoms with Crippen LogP contribution in [0, 0.1) is 5.82 Å². The second-order valence-electron chi connectivity index (χ2n) is 2.07. The van der Waals surface area contributed by atoms with Crippen LogP contribution in [0.1, 0.15) is 12.0 Å². The normalized spacial score (nSPS) is 10.8. The van der Waals surface area contributed by atoms with E-state index in [0.717, 1.165) is 6.07 Å². The van der Waals surface area contributed by atoms with Gasteiger partial charge in [0.1, 0.15) is 0 Å². The Kier molecular flexibility index (Phi) is 3.01. The summed E-state index contributed by atoms with van der Waals surface area (Å²) < 4.78 is 37.2. The first-order valence-electron chi connectivity index (χ1n) is 2.95. The van der Waals surface area contributed by atoms with Crippen molar-refractivity contribution < 1.29 is 13.2 Å². The van der Waals surface area contributed by atoms with E-state index in [4.69, 9.17) is 11.6 Å². The maximum Gasteiger partial charge on any atom is 0.266 e. The summed E-state index contributed by atoms with van der Waals surface area (Å²) in [6, 6.07) is 2.28. The summed E-state index contributed by atoms with van der Waals surface area (Å²) >= 11 is 8.28. The summed E-state index contributed by atoms with van der Waals surface area (Å²) in [5.74, 6) is -1.07. The Labute approximate surface area is 80.5 Å². The molecular weight excluding hydrogens is 256 g/mol. The number of halogens is 5. The quantitative estimate of drug-likeness (QED) is 0.664. The third-order valence-corrected chi connectivity index (χ3v) is 2.56. The summed E-state index contributed by atoms with van der Waals surface area (Å²) in [5, 5.41) is -0.312. The van der Waals surface area contributed by atoms with E-state index in [1.54, 1.807) is 0 Å². The van der Waals surface area contributed by atoms with E-state index in [2.05, 4.69) is 15.9 Å². The molecule has 0 fully saturated rings. The molecule has 0 heterocycles. The molecule has 0 aliphatic heterocycles. The zero-order valence-corrected chi connectivity index (χ0v) is 7.96. The Bertz CT molecular complexity index is 301. The van der Waals surface area contributed by atoms with Crippen LogP contribution >= 0.6 is 27.5 Å². The zero-order chi connectivity index (χ0) is 9.30. The van der Waals surface area contributed by atoms with E-state index >= 15 is 0 Å². The Balaban J connectivity index is 3.27. The first-order valence-corrected chi connectivity index (χ1v) is 4.12. The summed E-state index contributed by atoms with van der Waals surface area (Å²) in [6.45, 7) is 0. The number of hydrogen-bond donors (Lipinski definition) is 0. The van der Waals surface area contributed by atoms with E-state index in [-0.39, 0.29) is 9.50 Å². The zero-order valence-electron chi connectivity index (χ0n) is 5.62. The van der Waals surface area contributed by atoms with Gasteiger partial charge in [0, 0.05) is 4.47 Å². The number of alkyl halides is 2. The average Bonchev–Trinajstić information content (AvgIpc) is 2.00. The second kappa shape index (κ2) is 3.66. The Morgan fingerprint density at radius 3 is 2.42 bits per heavy atom. The summed E-state index contributed by atoms with van der Waals surface area (Å²) in [7, 11) is 0. The number of hydrogen-bond acceptors (Lipinski definition) is 0. The van der Waals surface area contributed by atoms with Crippen molar-refractivity contribution in [1.82, 2.24) is 0 Å². The highest BCUT2D eigenvalue weighted by molar-refractivity contribution is 9.10. The molecule has 5 heteroatoms. The fourth-order valence-electron chi connectivity index (χ4n) is 0.709.